The summed E-state index contributed by atoms with van der Waals surface area (Å²) < 4.78 is 0. The van der Waals surface area contributed by atoms with E-state index in [1.54, 1.807) is 37.4 Å². The molecule has 0 aliphatic heterocycles. The summed E-state index contributed by atoms with van der Waals surface area (Å²) in [5.74, 6) is -0.561. The smallest absolute Gasteiger partial charge is 0.276 e. The Morgan fingerprint density at radius 1 is 1.19 bits per heavy atom. The van der Waals surface area contributed by atoms with Gasteiger partial charge in [-0.25, -0.2) is 4.98 Å². The van der Waals surface area contributed by atoms with E-state index < -0.39 is 0 Å². The average Bonchev–Trinajstić information content (AvgIpc) is 2.48. The minimum atomic E-state index is -0.385. The van der Waals surface area contributed by atoms with Crippen molar-refractivity contribution in [1.82, 2.24) is 10.3 Å². The van der Waals surface area contributed by atoms with E-state index in [1.807, 2.05) is 6.92 Å². The third-order valence-electron chi connectivity index (χ3n) is 3.02. The van der Waals surface area contributed by atoms with Gasteiger partial charge in [0.1, 0.15) is 0 Å². The molecule has 0 spiro atoms. The van der Waals surface area contributed by atoms with Crippen molar-refractivity contribution in [2.75, 3.05) is 18.1 Å². The summed E-state index contributed by atoms with van der Waals surface area (Å²) in [6.07, 6.45) is 1.51. The lowest BCUT2D eigenvalue weighted by molar-refractivity contribution is 0.0962. The maximum atomic E-state index is 12.1. The number of nitrogens with zero attached hydrogens (tertiary/aromatic N) is 1. The fourth-order valence-electron chi connectivity index (χ4n) is 1.88. The van der Waals surface area contributed by atoms with Gasteiger partial charge in [0, 0.05) is 24.5 Å². The number of aryl methyl sites for hydroxylation is 1. The van der Waals surface area contributed by atoms with Gasteiger partial charge >= 0.3 is 0 Å². The van der Waals surface area contributed by atoms with Crippen molar-refractivity contribution in [3.05, 3.63) is 53.3 Å². The molecule has 0 fully saturated rings. The Labute approximate surface area is 122 Å². The summed E-state index contributed by atoms with van der Waals surface area (Å²) >= 11 is 0. The summed E-state index contributed by atoms with van der Waals surface area (Å²) in [6, 6.07) is 8.30. The van der Waals surface area contributed by atoms with Crippen LogP contribution in [0.2, 0.25) is 0 Å². The van der Waals surface area contributed by atoms with Gasteiger partial charge in [-0.15, -0.1) is 0 Å². The van der Waals surface area contributed by atoms with Gasteiger partial charge in [0.15, 0.2) is 5.69 Å². The first-order valence-corrected chi connectivity index (χ1v) is 6.37. The third-order valence-corrected chi connectivity index (χ3v) is 3.02. The van der Waals surface area contributed by atoms with E-state index in [-0.39, 0.29) is 17.5 Å². The largest absolute Gasteiger partial charge is 0.397 e. The van der Waals surface area contributed by atoms with Crippen molar-refractivity contribution < 1.29 is 9.59 Å². The molecule has 0 radical (unpaired) electrons. The van der Waals surface area contributed by atoms with Gasteiger partial charge in [0.05, 0.1) is 5.69 Å². The number of nitrogen functional groups attached to an aromatic ring is 1. The first kappa shape index (κ1) is 14.5. The first-order valence-electron chi connectivity index (χ1n) is 6.37. The molecular formula is C15H16N4O2. The molecule has 4 N–H and O–H groups in total. The number of benzene rings is 1. The SMILES string of the molecule is CNC(=O)c1ccc(NC(=O)c2ncccc2N)c(C)c1. The number of rotatable bonds is 3. The van der Waals surface area contributed by atoms with Gasteiger partial charge < -0.3 is 16.4 Å². The van der Waals surface area contributed by atoms with Gasteiger partial charge in [0.2, 0.25) is 0 Å². The monoisotopic (exact) mass is 284 g/mol. The van der Waals surface area contributed by atoms with Crippen LogP contribution in [-0.4, -0.2) is 23.8 Å². The topological polar surface area (TPSA) is 97.1 Å². The van der Waals surface area contributed by atoms with E-state index in [4.69, 9.17) is 5.73 Å². The molecule has 21 heavy (non-hydrogen) atoms. The molecule has 1 heterocycles. The van der Waals surface area contributed by atoms with Crippen LogP contribution in [0.3, 0.4) is 0 Å². The number of carbonyl (C=O) groups excluding carboxylic acids is 2. The minimum absolute atomic E-state index is 0.173. The normalized spacial score (nSPS) is 10.0. The second-order valence-corrected chi connectivity index (χ2v) is 4.50. The molecule has 0 aliphatic carbocycles. The molecule has 2 aromatic rings. The Bertz CT molecular complexity index is 698. The fraction of sp³-hybridized carbons (Fsp3) is 0.133. The molecule has 0 saturated heterocycles. The van der Waals surface area contributed by atoms with Crippen LogP contribution in [0.1, 0.15) is 26.4 Å². The summed E-state index contributed by atoms with van der Waals surface area (Å²) in [5, 5.41) is 5.29. The Kier molecular flexibility index (Phi) is 4.18. The molecule has 6 nitrogen and oxygen atoms in total. The summed E-state index contributed by atoms with van der Waals surface area (Å²) in [6.45, 7) is 1.81. The summed E-state index contributed by atoms with van der Waals surface area (Å²) in [4.78, 5) is 27.6. The molecule has 0 aliphatic rings. The number of aromatic nitrogens is 1. The van der Waals surface area contributed by atoms with Crippen molar-refractivity contribution in [2.24, 2.45) is 0 Å². The molecule has 2 rings (SSSR count). The first-order chi connectivity index (χ1) is 10.0. The molecule has 0 bridgehead atoms. The Hall–Kier alpha value is -2.89. The molecule has 6 heteroatoms. The maximum absolute atomic E-state index is 12.1. The molecule has 1 aromatic heterocycles. The highest BCUT2D eigenvalue weighted by Crippen LogP contribution is 2.18. The summed E-state index contributed by atoms with van der Waals surface area (Å²) in [7, 11) is 1.57. The number of pyridine rings is 1. The van der Waals surface area contributed by atoms with E-state index in [0.29, 0.717) is 16.9 Å². The number of nitrogens with one attached hydrogen (secondary N) is 2. The van der Waals surface area contributed by atoms with Crippen molar-refractivity contribution in [3.63, 3.8) is 0 Å². The van der Waals surface area contributed by atoms with Crippen molar-refractivity contribution in [3.8, 4) is 0 Å². The number of hydrogen-bond acceptors (Lipinski definition) is 4. The zero-order chi connectivity index (χ0) is 15.4. The zero-order valence-electron chi connectivity index (χ0n) is 11.8. The zero-order valence-corrected chi connectivity index (χ0v) is 11.8. The van der Waals surface area contributed by atoms with E-state index >= 15 is 0 Å². The van der Waals surface area contributed by atoms with Crippen LogP contribution in [0.15, 0.2) is 36.5 Å². The maximum Gasteiger partial charge on any atom is 0.276 e. The van der Waals surface area contributed by atoms with Gasteiger partial charge in [-0.3, -0.25) is 9.59 Å². The molecule has 0 unspecified atom stereocenters. The third kappa shape index (κ3) is 3.17. The predicted molar refractivity (Wildman–Crippen MR) is 81.2 cm³/mol. The number of hydrogen-bond donors (Lipinski definition) is 3. The van der Waals surface area contributed by atoms with E-state index in [1.165, 1.54) is 6.20 Å². The van der Waals surface area contributed by atoms with E-state index in [2.05, 4.69) is 15.6 Å². The number of amides is 2. The highest BCUT2D eigenvalue weighted by atomic mass is 16.2. The summed E-state index contributed by atoms with van der Waals surface area (Å²) in [5.41, 5.74) is 8.13. The van der Waals surface area contributed by atoms with Crippen LogP contribution in [0.25, 0.3) is 0 Å². The highest BCUT2D eigenvalue weighted by molar-refractivity contribution is 6.06. The molecule has 0 atom stereocenters. The predicted octanol–water partition coefficient (Wildman–Crippen LogP) is 1.58. The Morgan fingerprint density at radius 2 is 1.95 bits per heavy atom. The quantitative estimate of drug-likeness (QED) is 0.797. The minimum Gasteiger partial charge on any atom is -0.397 e. The second kappa shape index (κ2) is 6.04. The van der Waals surface area contributed by atoms with E-state index in [9.17, 15) is 9.59 Å². The molecule has 2 amide bonds. The Balaban J connectivity index is 2.22. The molecule has 108 valence electrons. The highest BCUT2D eigenvalue weighted by Gasteiger charge is 2.13. The van der Waals surface area contributed by atoms with Crippen molar-refractivity contribution in [1.29, 1.82) is 0 Å². The molecular weight excluding hydrogens is 268 g/mol. The lowest BCUT2D eigenvalue weighted by Gasteiger charge is -2.10. The average molecular weight is 284 g/mol. The second-order valence-electron chi connectivity index (χ2n) is 4.50. The molecule has 0 saturated carbocycles. The van der Waals surface area contributed by atoms with Crippen LogP contribution < -0.4 is 16.4 Å². The van der Waals surface area contributed by atoms with Gasteiger partial charge in [-0.1, -0.05) is 0 Å². The van der Waals surface area contributed by atoms with Gasteiger partial charge in [-0.2, -0.15) is 0 Å². The van der Waals surface area contributed by atoms with Crippen LogP contribution in [0, 0.1) is 6.92 Å². The van der Waals surface area contributed by atoms with Crippen LogP contribution >= 0.6 is 0 Å². The van der Waals surface area contributed by atoms with Crippen molar-refractivity contribution in [2.45, 2.75) is 6.92 Å². The van der Waals surface area contributed by atoms with Crippen molar-refractivity contribution >= 4 is 23.2 Å². The lowest BCUT2D eigenvalue weighted by atomic mass is 10.1. The Morgan fingerprint density at radius 3 is 2.57 bits per heavy atom. The van der Waals surface area contributed by atoms with Gasteiger partial charge in [0.25, 0.3) is 11.8 Å². The van der Waals surface area contributed by atoms with Gasteiger partial charge in [-0.05, 0) is 42.8 Å². The standard InChI is InChI=1S/C15H16N4O2/c1-9-8-10(14(20)17-2)5-6-12(9)19-15(21)13-11(16)4-3-7-18-13/h3-8H,16H2,1-2H3,(H,17,20)(H,19,21). The molecule has 1 aromatic carbocycles. The number of carbonyl (C=O) groups is 2. The number of anilines is 2. The lowest BCUT2D eigenvalue weighted by Crippen LogP contribution is -2.19. The fourth-order valence-corrected chi connectivity index (χ4v) is 1.88. The van der Waals surface area contributed by atoms with E-state index in [0.717, 1.165) is 5.56 Å². The number of nitrogens with two attached hydrogens (primary N) is 1. The van der Waals surface area contributed by atoms with Crippen LogP contribution in [-0.2, 0) is 0 Å². The van der Waals surface area contributed by atoms with Crippen LogP contribution in [0.4, 0.5) is 11.4 Å². The van der Waals surface area contributed by atoms with Crippen LogP contribution in [0.5, 0.6) is 0 Å².